The average molecular weight is 481 g/mol. The molecule has 1 aromatic heterocycles. The second kappa shape index (κ2) is 5.71. The van der Waals surface area contributed by atoms with E-state index in [1.54, 1.807) is 6.07 Å². The van der Waals surface area contributed by atoms with E-state index < -0.39 is 0 Å². The number of halogens is 4. The van der Waals surface area contributed by atoms with Gasteiger partial charge in [0.25, 0.3) is 0 Å². The molecule has 3 rings (SSSR count). The molecule has 0 spiro atoms. The molecule has 0 radical (unpaired) electrons. The van der Waals surface area contributed by atoms with Crippen molar-refractivity contribution in [3.05, 3.63) is 49.6 Å². The lowest BCUT2D eigenvalue weighted by atomic mass is 10.3. The first-order valence-electron chi connectivity index (χ1n) is 5.50. The Kier molecular flexibility index (Phi) is 4.12. The highest BCUT2D eigenvalue weighted by molar-refractivity contribution is 9.11. The molecule has 0 aliphatic heterocycles. The largest absolute Gasteiger partial charge is 0.330 e. The number of rotatable bonds is 2. The zero-order valence-corrected chi connectivity index (χ0v) is 15.3. The normalized spacial score (nSPS) is 11.0. The second-order valence-corrected chi connectivity index (χ2v) is 7.66. The molecule has 0 aliphatic rings. The lowest BCUT2D eigenvalue weighted by Crippen LogP contribution is -1.92. The van der Waals surface area contributed by atoms with Crippen LogP contribution in [-0.2, 0) is 0 Å². The molecule has 0 amide bonds. The van der Waals surface area contributed by atoms with Crippen molar-refractivity contribution in [3.8, 4) is 0 Å². The zero-order valence-electron chi connectivity index (χ0n) is 9.75. The van der Waals surface area contributed by atoms with Crippen LogP contribution in [0.4, 0.5) is 15.2 Å². The van der Waals surface area contributed by atoms with Gasteiger partial charge in [-0.15, -0.1) is 0 Å². The van der Waals surface area contributed by atoms with Crippen molar-refractivity contribution in [2.24, 2.45) is 0 Å². The van der Waals surface area contributed by atoms with E-state index in [4.69, 9.17) is 0 Å². The maximum Gasteiger partial charge on any atom is 0.188 e. The quantitative estimate of drug-likeness (QED) is 0.455. The molecule has 2 aromatic carbocycles. The first-order valence-corrected chi connectivity index (χ1v) is 8.70. The second-order valence-electron chi connectivity index (χ2n) is 4.00. The lowest BCUT2D eigenvalue weighted by Gasteiger charge is -2.08. The van der Waals surface area contributed by atoms with Crippen LogP contribution in [0.2, 0.25) is 0 Å². The molecule has 0 unspecified atom stereocenters. The number of hydrogen-bond donors (Lipinski definition) is 1. The third-order valence-corrected chi connectivity index (χ3v) is 5.23. The van der Waals surface area contributed by atoms with E-state index in [1.807, 2.05) is 12.1 Å². The third kappa shape index (κ3) is 2.90. The van der Waals surface area contributed by atoms with E-state index in [0.717, 1.165) is 29.3 Å². The fourth-order valence-electron chi connectivity index (χ4n) is 1.72. The molecule has 20 heavy (non-hydrogen) atoms. The van der Waals surface area contributed by atoms with Crippen molar-refractivity contribution < 1.29 is 4.39 Å². The van der Waals surface area contributed by atoms with Gasteiger partial charge in [0.1, 0.15) is 5.82 Å². The van der Waals surface area contributed by atoms with Crippen LogP contribution in [0, 0.1) is 5.82 Å². The van der Waals surface area contributed by atoms with Crippen LogP contribution in [0.3, 0.4) is 0 Å². The molecule has 0 atom stereocenters. The van der Waals surface area contributed by atoms with E-state index >= 15 is 0 Å². The third-order valence-electron chi connectivity index (χ3n) is 2.59. The molecule has 0 saturated carbocycles. The number of aromatic nitrogens is 1. The number of nitrogens with zero attached hydrogens (tertiary/aromatic N) is 1. The Labute approximate surface area is 143 Å². The molecule has 1 heterocycles. The Morgan fingerprint density at radius 2 is 1.75 bits per heavy atom. The highest BCUT2D eigenvalue weighted by Gasteiger charge is 2.10. The summed E-state index contributed by atoms with van der Waals surface area (Å²) in [6, 6.07) is 8.47. The summed E-state index contributed by atoms with van der Waals surface area (Å²) in [6.07, 6.45) is 0. The first kappa shape index (κ1) is 14.4. The standard InChI is InChI=1S/C13H6Br3FN2S/c14-6-3-8(15)12(9(16)4-6)19-13-18-10-2-1-7(17)5-11(10)20-13/h1-5H,(H,18,19). The van der Waals surface area contributed by atoms with Gasteiger partial charge in [-0.1, -0.05) is 27.3 Å². The number of fused-ring (bicyclic) bond motifs is 1. The van der Waals surface area contributed by atoms with E-state index in [-0.39, 0.29) is 5.82 Å². The molecule has 0 aliphatic carbocycles. The molecule has 102 valence electrons. The van der Waals surface area contributed by atoms with Crippen molar-refractivity contribution in [2.75, 3.05) is 5.32 Å². The summed E-state index contributed by atoms with van der Waals surface area (Å²) in [4.78, 5) is 4.44. The van der Waals surface area contributed by atoms with Crippen molar-refractivity contribution in [3.63, 3.8) is 0 Å². The average Bonchev–Trinajstić information content (AvgIpc) is 2.75. The molecule has 2 nitrogen and oxygen atoms in total. The van der Waals surface area contributed by atoms with Gasteiger partial charge in [0.15, 0.2) is 5.13 Å². The lowest BCUT2D eigenvalue weighted by molar-refractivity contribution is 0.630. The Morgan fingerprint density at radius 3 is 2.45 bits per heavy atom. The Bertz CT molecular complexity index is 780. The maximum absolute atomic E-state index is 13.2. The van der Waals surface area contributed by atoms with Crippen LogP contribution < -0.4 is 5.32 Å². The predicted octanol–water partition coefficient (Wildman–Crippen LogP) is 6.47. The molecular formula is C13H6Br3FN2S. The van der Waals surface area contributed by atoms with Crippen molar-refractivity contribution in [1.29, 1.82) is 0 Å². The van der Waals surface area contributed by atoms with Crippen molar-refractivity contribution in [2.45, 2.75) is 0 Å². The van der Waals surface area contributed by atoms with Gasteiger partial charge in [0.05, 0.1) is 15.9 Å². The number of benzene rings is 2. The van der Waals surface area contributed by atoms with Crippen LogP contribution in [0.25, 0.3) is 10.2 Å². The van der Waals surface area contributed by atoms with Gasteiger partial charge in [-0.3, -0.25) is 0 Å². The van der Waals surface area contributed by atoms with Crippen molar-refractivity contribution >= 4 is 80.2 Å². The van der Waals surface area contributed by atoms with Gasteiger partial charge in [0, 0.05) is 13.4 Å². The van der Waals surface area contributed by atoms with Gasteiger partial charge in [0.2, 0.25) is 0 Å². The van der Waals surface area contributed by atoms with Gasteiger partial charge in [-0.05, 0) is 62.2 Å². The molecule has 0 bridgehead atoms. The number of anilines is 2. The minimum absolute atomic E-state index is 0.251. The van der Waals surface area contributed by atoms with E-state index in [2.05, 4.69) is 58.1 Å². The fraction of sp³-hybridized carbons (Fsp3) is 0. The van der Waals surface area contributed by atoms with Crippen LogP contribution >= 0.6 is 59.1 Å². The minimum atomic E-state index is -0.251. The van der Waals surface area contributed by atoms with E-state index in [0.29, 0.717) is 5.13 Å². The molecule has 7 heteroatoms. The van der Waals surface area contributed by atoms with Crippen LogP contribution in [0.1, 0.15) is 0 Å². The topological polar surface area (TPSA) is 24.9 Å². The van der Waals surface area contributed by atoms with E-state index in [1.165, 1.54) is 23.5 Å². The van der Waals surface area contributed by atoms with Crippen LogP contribution in [0.5, 0.6) is 0 Å². The highest BCUT2D eigenvalue weighted by atomic mass is 79.9. The predicted molar refractivity (Wildman–Crippen MR) is 92.4 cm³/mol. The summed E-state index contributed by atoms with van der Waals surface area (Å²) in [6.45, 7) is 0. The zero-order chi connectivity index (χ0) is 14.3. The molecular weight excluding hydrogens is 475 g/mol. The summed E-state index contributed by atoms with van der Waals surface area (Å²) in [5.41, 5.74) is 1.66. The SMILES string of the molecule is Fc1ccc2nc(Nc3c(Br)cc(Br)cc3Br)sc2c1. The summed E-state index contributed by atoms with van der Waals surface area (Å²) in [5.74, 6) is -0.251. The van der Waals surface area contributed by atoms with Crippen molar-refractivity contribution in [1.82, 2.24) is 4.98 Å². The molecule has 0 fully saturated rings. The molecule has 0 saturated heterocycles. The Hall–Kier alpha value is -0.500. The summed E-state index contributed by atoms with van der Waals surface area (Å²) >= 11 is 11.8. The van der Waals surface area contributed by atoms with Gasteiger partial charge >= 0.3 is 0 Å². The number of nitrogens with one attached hydrogen (secondary N) is 1. The smallest absolute Gasteiger partial charge is 0.188 e. The summed E-state index contributed by atoms with van der Waals surface area (Å²) in [5, 5.41) is 3.96. The Balaban J connectivity index is 2.01. The van der Waals surface area contributed by atoms with Gasteiger partial charge in [-0.2, -0.15) is 0 Å². The maximum atomic E-state index is 13.2. The minimum Gasteiger partial charge on any atom is -0.330 e. The van der Waals surface area contributed by atoms with Crippen LogP contribution in [0.15, 0.2) is 43.7 Å². The highest BCUT2D eigenvalue weighted by Crippen LogP contribution is 2.38. The molecule has 1 N–H and O–H groups in total. The number of thiazole rings is 1. The monoisotopic (exact) mass is 478 g/mol. The summed E-state index contributed by atoms with van der Waals surface area (Å²) in [7, 11) is 0. The van der Waals surface area contributed by atoms with Gasteiger partial charge in [-0.25, -0.2) is 9.37 Å². The van der Waals surface area contributed by atoms with E-state index in [9.17, 15) is 4.39 Å². The Morgan fingerprint density at radius 1 is 1.05 bits per heavy atom. The fourth-order valence-corrected chi connectivity index (χ4v) is 5.07. The molecule has 3 aromatic rings. The first-order chi connectivity index (χ1) is 9.52. The number of hydrogen-bond acceptors (Lipinski definition) is 3. The van der Waals surface area contributed by atoms with Crippen LogP contribution in [-0.4, -0.2) is 4.98 Å². The van der Waals surface area contributed by atoms with Gasteiger partial charge < -0.3 is 5.32 Å². The summed E-state index contributed by atoms with van der Waals surface area (Å²) < 4.78 is 16.8.